The quantitative estimate of drug-likeness (QED) is 0.695. The molecule has 2 rings (SSSR count). The molecule has 0 radical (unpaired) electrons. The van der Waals surface area contributed by atoms with E-state index >= 15 is 0 Å². The first kappa shape index (κ1) is 10.3. The highest BCUT2D eigenvalue weighted by Gasteiger charge is 2.22. The van der Waals surface area contributed by atoms with Gasteiger partial charge in [-0.15, -0.1) is 5.10 Å². The van der Waals surface area contributed by atoms with Crippen LogP contribution in [0.3, 0.4) is 0 Å². The molecule has 0 saturated heterocycles. The molecule has 0 spiro atoms. The number of Topliss-reactive ketones (excluding diaryl/α,β-unsaturated/α-hetero) is 1. The van der Waals surface area contributed by atoms with Crippen molar-refractivity contribution in [2.24, 2.45) is 11.7 Å². The van der Waals surface area contributed by atoms with Crippen molar-refractivity contribution in [1.29, 1.82) is 0 Å². The van der Waals surface area contributed by atoms with Crippen LogP contribution in [0.25, 0.3) is 0 Å². The standard InChI is InChI=1S/C10H16N4O/c11-5-6-14-7-9(12-13-14)10(15)4-3-8-1-2-8/h7-8H,1-6,11H2. The summed E-state index contributed by atoms with van der Waals surface area (Å²) < 4.78 is 1.62. The van der Waals surface area contributed by atoms with Crippen molar-refractivity contribution >= 4 is 5.78 Å². The van der Waals surface area contributed by atoms with Gasteiger partial charge in [0, 0.05) is 13.0 Å². The molecule has 1 aromatic heterocycles. The van der Waals surface area contributed by atoms with Crippen LogP contribution in [0.1, 0.15) is 36.2 Å². The van der Waals surface area contributed by atoms with E-state index in [0.717, 1.165) is 12.3 Å². The first-order valence-corrected chi connectivity index (χ1v) is 5.43. The van der Waals surface area contributed by atoms with Crippen molar-refractivity contribution in [3.63, 3.8) is 0 Å². The summed E-state index contributed by atoms with van der Waals surface area (Å²) in [5, 5.41) is 7.68. The fraction of sp³-hybridized carbons (Fsp3) is 0.700. The molecule has 1 aliphatic carbocycles. The predicted molar refractivity (Wildman–Crippen MR) is 55.4 cm³/mol. The van der Waals surface area contributed by atoms with Crippen molar-refractivity contribution in [3.05, 3.63) is 11.9 Å². The molecular weight excluding hydrogens is 192 g/mol. The Balaban J connectivity index is 1.86. The molecule has 0 aliphatic heterocycles. The van der Waals surface area contributed by atoms with E-state index in [2.05, 4.69) is 10.3 Å². The van der Waals surface area contributed by atoms with Gasteiger partial charge < -0.3 is 5.73 Å². The van der Waals surface area contributed by atoms with Crippen molar-refractivity contribution in [3.8, 4) is 0 Å². The fourth-order valence-electron chi connectivity index (χ4n) is 1.54. The summed E-state index contributed by atoms with van der Waals surface area (Å²) in [4.78, 5) is 11.6. The van der Waals surface area contributed by atoms with Gasteiger partial charge in [0.2, 0.25) is 0 Å². The van der Waals surface area contributed by atoms with E-state index in [0.29, 0.717) is 25.2 Å². The third-order valence-corrected chi connectivity index (χ3v) is 2.66. The minimum atomic E-state index is 0.102. The van der Waals surface area contributed by atoms with Crippen LogP contribution >= 0.6 is 0 Å². The first-order chi connectivity index (χ1) is 7.29. The monoisotopic (exact) mass is 208 g/mol. The summed E-state index contributed by atoms with van der Waals surface area (Å²) in [5.41, 5.74) is 5.86. The Bertz CT molecular complexity index is 343. The van der Waals surface area contributed by atoms with Gasteiger partial charge >= 0.3 is 0 Å². The fourth-order valence-corrected chi connectivity index (χ4v) is 1.54. The Kier molecular flexibility index (Phi) is 3.11. The number of nitrogens with zero attached hydrogens (tertiary/aromatic N) is 3. The van der Waals surface area contributed by atoms with E-state index in [1.54, 1.807) is 10.9 Å². The van der Waals surface area contributed by atoms with Crippen LogP contribution in [0.4, 0.5) is 0 Å². The predicted octanol–water partition coefficient (Wildman–Crippen LogP) is 0.610. The van der Waals surface area contributed by atoms with Crippen molar-refractivity contribution < 1.29 is 4.79 Å². The van der Waals surface area contributed by atoms with Crippen LogP contribution in [-0.2, 0) is 6.54 Å². The molecule has 1 heterocycles. The largest absolute Gasteiger partial charge is 0.329 e. The van der Waals surface area contributed by atoms with Crippen LogP contribution < -0.4 is 5.73 Å². The molecule has 2 N–H and O–H groups in total. The lowest BCUT2D eigenvalue weighted by atomic mass is 10.1. The second-order valence-electron chi connectivity index (χ2n) is 4.06. The number of carbonyl (C=O) groups is 1. The lowest BCUT2D eigenvalue weighted by molar-refractivity contribution is 0.0973. The van der Waals surface area contributed by atoms with Crippen molar-refractivity contribution in [1.82, 2.24) is 15.0 Å². The van der Waals surface area contributed by atoms with Crippen LogP contribution in [0.2, 0.25) is 0 Å². The molecule has 1 aromatic rings. The number of hydrogen-bond acceptors (Lipinski definition) is 4. The number of aromatic nitrogens is 3. The molecule has 0 unspecified atom stereocenters. The second-order valence-corrected chi connectivity index (χ2v) is 4.06. The summed E-state index contributed by atoms with van der Waals surface area (Å²) in [6, 6.07) is 0. The highest BCUT2D eigenvalue weighted by Crippen LogP contribution is 2.33. The van der Waals surface area contributed by atoms with E-state index in [4.69, 9.17) is 5.73 Å². The Morgan fingerprint density at radius 1 is 1.60 bits per heavy atom. The molecule has 1 fully saturated rings. The topological polar surface area (TPSA) is 73.8 Å². The van der Waals surface area contributed by atoms with Gasteiger partial charge in [0.1, 0.15) is 5.69 Å². The smallest absolute Gasteiger partial charge is 0.184 e. The maximum absolute atomic E-state index is 11.6. The van der Waals surface area contributed by atoms with Gasteiger partial charge in [-0.25, -0.2) is 0 Å². The molecule has 0 bridgehead atoms. The molecule has 82 valence electrons. The van der Waals surface area contributed by atoms with Crippen LogP contribution in [0.5, 0.6) is 0 Å². The third kappa shape index (κ3) is 2.86. The van der Waals surface area contributed by atoms with Crippen LogP contribution in [-0.4, -0.2) is 27.3 Å². The molecule has 0 amide bonds. The van der Waals surface area contributed by atoms with Gasteiger partial charge in [0.15, 0.2) is 5.78 Å². The Morgan fingerprint density at radius 2 is 2.40 bits per heavy atom. The molecule has 5 nitrogen and oxygen atoms in total. The lowest BCUT2D eigenvalue weighted by Crippen LogP contribution is -2.10. The minimum Gasteiger partial charge on any atom is -0.329 e. The number of hydrogen-bond donors (Lipinski definition) is 1. The number of nitrogens with two attached hydrogens (primary N) is 1. The SMILES string of the molecule is NCCn1cc(C(=O)CCC2CC2)nn1. The molecule has 0 aromatic carbocycles. The maximum Gasteiger partial charge on any atom is 0.184 e. The number of rotatable bonds is 6. The molecule has 0 atom stereocenters. The summed E-state index contributed by atoms with van der Waals surface area (Å²) in [5.74, 6) is 0.887. The number of carbonyl (C=O) groups excluding carboxylic acids is 1. The van der Waals surface area contributed by atoms with Gasteiger partial charge in [0.25, 0.3) is 0 Å². The van der Waals surface area contributed by atoms with Gasteiger partial charge in [-0.05, 0) is 12.3 Å². The molecule has 1 aliphatic rings. The minimum absolute atomic E-state index is 0.102. The summed E-state index contributed by atoms with van der Waals surface area (Å²) >= 11 is 0. The third-order valence-electron chi connectivity index (χ3n) is 2.66. The van der Waals surface area contributed by atoms with Crippen molar-refractivity contribution in [2.45, 2.75) is 32.2 Å². The Labute approximate surface area is 88.6 Å². The normalized spacial score (nSPS) is 15.5. The van der Waals surface area contributed by atoms with E-state index in [1.165, 1.54) is 12.8 Å². The van der Waals surface area contributed by atoms with Crippen LogP contribution in [0, 0.1) is 5.92 Å². The van der Waals surface area contributed by atoms with Gasteiger partial charge in [-0.3, -0.25) is 9.48 Å². The van der Waals surface area contributed by atoms with E-state index in [1.807, 2.05) is 0 Å². The summed E-state index contributed by atoms with van der Waals surface area (Å²) in [7, 11) is 0. The number of ketones is 1. The summed E-state index contributed by atoms with van der Waals surface area (Å²) in [6.07, 6.45) is 5.86. The van der Waals surface area contributed by atoms with E-state index in [-0.39, 0.29) is 5.78 Å². The van der Waals surface area contributed by atoms with E-state index in [9.17, 15) is 4.79 Å². The summed E-state index contributed by atoms with van der Waals surface area (Å²) in [6.45, 7) is 1.13. The Hall–Kier alpha value is -1.23. The lowest BCUT2D eigenvalue weighted by Gasteiger charge is -1.95. The first-order valence-electron chi connectivity index (χ1n) is 5.43. The zero-order valence-electron chi connectivity index (χ0n) is 8.72. The zero-order chi connectivity index (χ0) is 10.7. The zero-order valence-corrected chi connectivity index (χ0v) is 8.72. The average Bonchev–Trinajstić information content (AvgIpc) is 2.94. The van der Waals surface area contributed by atoms with Gasteiger partial charge in [-0.2, -0.15) is 0 Å². The highest BCUT2D eigenvalue weighted by molar-refractivity contribution is 5.93. The molecular formula is C10H16N4O. The maximum atomic E-state index is 11.6. The average molecular weight is 208 g/mol. The van der Waals surface area contributed by atoms with E-state index < -0.39 is 0 Å². The van der Waals surface area contributed by atoms with Crippen LogP contribution in [0.15, 0.2) is 6.20 Å². The van der Waals surface area contributed by atoms with Gasteiger partial charge in [-0.1, -0.05) is 18.1 Å². The second kappa shape index (κ2) is 4.53. The Morgan fingerprint density at radius 3 is 3.07 bits per heavy atom. The molecule has 15 heavy (non-hydrogen) atoms. The van der Waals surface area contributed by atoms with Gasteiger partial charge in [0.05, 0.1) is 12.7 Å². The van der Waals surface area contributed by atoms with Crippen molar-refractivity contribution in [2.75, 3.05) is 6.54 Å². The molecule has 1 saturated carbocycles. The highest BCUT2D eigenvalue weighted by atomic mass is 16.1. The molecule has 5 heteroatoms.